The molecule has 0 saturated carbocycles. The van der Waals surface area contributed by atoms with Gasteiger partial charge in [-0.25, -0.2) is 4.98 Å². The van der Waals surface area contributed by atoms with Gasteiger partial charge in [0.05, 0.1) is 71.3 Å². The average molecular weight is 523 g/mol. The number of morpholine rings is 1. The standard InChI is InChI=1S/C26H24Cl2N6O2/c1-33-23(14-31-25(33)15-34-5-7-36-8-6-34)16-3-4-18-21(9-16)30-13-17(12-29)26(18)32-22-11-24(35-2)20(28)10-19(22)27/h3-4,9-11,13-14H,5-8,15H2,1-2H3,(H,30,32). The van der Waals surface area contributed by atoms with Gasteiger partial charge < -0.3 is 19.4 Å². The highest BCUT2D eigenvalue weighted by atomic mass is 35.5. The van der Waals surface area contributed by atoms with Crippen molar-refractivity contribution in [1.29, 1.82) is 5.26 Å². The summed E-state index contributed by atoms with van der Waals surface area (Å²) in [4.78, 5) is 11.6. The molecule has 1 aliphatic rings. The Labute approximate surface area is 219 Å². The van der Waals surface area contributed by atoms with Crippen LogP contribution in [0.25, 0.3) is 22.2 Å². The summed E-state index contributed by atoms with van der Waals surface area (Å²) in [6.07, 6.45) is 3.45. The SMILES string of the molecule is COc1cc(Nc2c(C#N)cnc3cc(-c4cnc(CN5CCOCC5)n4C)ccc23)c(Cl)cc1Cl. The number of hydrogen-bond donors (Lipinski definition) is 1. The molecule has 2 aromatic heterocycles. The zero-order valence-corrected chi connectivity index (χ0v) is 21.4. The number of nitrogens with one attached hydrogen (secondary N) is 1. The number of nitriles is 1. The fourth-order valence-corrected chi connectivity index (χ4v) is 4.82. The summed E-state index contributed by atoms with van der Waals surface area (Å²) < 4.78 is 12.9. The van der Waals surface area contributed by atoms with Crippen molar-refractivity contribution >= 4 is 45.5 Å². The Hall–Kier alpha value is -3.35. The normalized spacial score (nSPS) is 14.1. The third-order valence-electron chi connectivity index (χ3n) is 6.34. The zero-order chi connectivity index (χ0) is 25.2. The second kappa shape index (κ2) is 10.3. The molecule has 4 aromatic rings. The lowest BCUT2D eigenvalue weighted by molar-refractivity contribution is 0.0327. The molecule has 8 nitrogen and oxygen atoms in total. The maximum atomic E-state index is 9.74. The third-order valence-corrected chi connectivity index (χ3v) is 6.95. The lowest BCUT2D eigenvalue weighted by atomic mass is 10.1. The Morgan fingerprint density at radius 2 is 1.92 bits per heavy atom. The molecule has 10 heteroatoms. The van der Waals surface area contributed by atoms with E-state index in [4.69, 9.17) is 32.7 Å². The number of pyridine rings is 1. The zero-order valence-electron chi connectivity index (χ0n) is 19.9. The monoisotopic (exact) mass is 522 g/mol. The molecule has 184 valence electrons. The van der Waals surface area contributed by atoms with E-state index in [1.54, 1.807) is 18.3 Å². The minimum atomic E-state index is 0.397. The van der Waals surface area contributed by atoms with Crippen LogP contribution < -0.4 is 10.1 Å². The molecule has 0 spiro atoms. The van der Waals surface area contributed by atoms with Crippen molar-refractivity contribution in [3.63, 3.8) is 0 Å². The summed E-state index contributed by atoms with van der Waals surface area (Å²) in [6, 6.07) is 11.5. The van der Waals surface area contributed by atoms with Crippen molar-refractivity contribution < 1.29 is 9.47 Å². The van der Waals surface area contributed by atoms with Crippen LogP contribution in [0.1, 0.15) is 11.4 Å². The van der Waals surface area contributed by atoms with Crippen molar-refractivity contribution in [3.05, 3.63) is 64.2 Å². The molecule has 0 bridgehead atoms. The molecule has 1 saturated heterocycles. The van der Waals surface area contributed by atoms with Gasteiger partial charge in [0.2, 0.25) is 0 Å². The number of hydrogen-bond acceptors (Lipinski definition) is 7. The molecule has 2 aromatic carbocycles. The van der Waals surface area contributed by atoms with Crippen LogP contribution in [0.2, 0.25) is 10.0 Å². The van der Waals surface area contributed by atoms with E-state index in [0.29, 0.717) is 32.7 Å². The molecule has 1 aliphatic heterocycles. The Kier molecular flexibility index (Phi) is 6.99. The number of halogens is 2. The van der Waals surface area contributed by atoms with Crippen molar-refractivity contribution in [1.82, 2.24) is 19.4 Å². The van der Waals surface area contributed by atoms with Crippen molar-refractivity contribution in [2.75, 3.05) is 38.7 Å². The highest BCUT2D eigenvalue weighted by Gasteiger charge is 2.17. The number of nitrogens with zero attached hydrogens (tertiary/aromatic N) is 5. The number of imidazole rings is 1. The van der Waals surface area contributed by atoms with Crippen LogP contribution in [-0.2, 0) is 18.3 Å². The Balaban J connectivity index is 1.50. The number of fused-ring (bicyclic) bond motifs is 1. The van der Waals surface area contributed by atoms with E-state index < -0.39 is 0 Å². The first kappa shape index (κ1) is 24.3. The largest absolute Gasteiger partial charge is 0.495 e. The van der Waals surface area contributed by atoms with Gasteiger partial charge in [0.1, 0.15) is 17.6 Å². The van der Waals surface area contributed by atoms with E-state index >= 15 is 0 Å². The van der Waals surface area contributed by atoms with Gasteiger partial charge in [0.15, 0.2) is 0 Å². The lowest BCUT2D eigenvalue weighted by Gasteiger charge is -2.26. The quantitative estimate of drug-likeness (QED) is 0.362. The van der Waals surface area contributed by atoms with Gasteiger partial charge in [0, 0.05) is 43.4 Å². The highest BCUT2D eigenvalue weighted by molar-refractivity contribution is 6.37. The van der Waals surface area contributed by atoms with E-state index in [9.17, 15) is 5.26 Å². The third kappa shape index (κ3) is 4.71. The topological polar surface area (TPSA) is 88.2 Å². The summed E-state index contributed by atoms with van der Waals surface area (Å²) in [5, 5.41) is 14.6. The molecule has 1 fully saturated rings. The molecule has 1 N–H and O–H groups in total. The molecule has 5 rings (SSSR count). The summed E-state index contributed by atoms with van der Waals surface area (Å²) >= 11 is 12.6. The number of anilines is 2. The molecule has 0 atom stereocenters. The van der Waals surface area contributed by atoms with E-state index in [1.807, 2.05) is 31.4 Å². The van der Waals surface area contributed by atoms with Crippen LogP contribution in [0, 0.1) is 11.3 Å². The van der Waals surface area contributed by atoms with Crippen LogP contribution >= 0.6 is 23.2 Å². The number of rotatable bonds is 6. The smallest absolute Gasteiger partial charge is 0.139 e. The predicted octanol–water partition coefficient (Wildman–Crippen LogP) is 5.40. The van der Waals surface area contributed by atoms with Gasteiger partial charge in [-0.15, -0.1) is 0 Å². The number of benzene rings is 2. The fourth-order valence-electron chi connectivity index (χ4n) is 4.31. The van der Waals surface area contributed by atoms with E-state index in [2.05, 4.69) is 30.8 Å². The molecule has 0 radical (unpaired) electrons. The number of aromatic nitrogens is 3. The second-order valence-corrected chi connectivity index (χ2v) is 9.30. The summed E-state index contributed by atoms with van der Waals surface area (Å²) in [6.45, 7) is 4.09. The van der Waals surface area contributed by atoms with Crippen LogP contribution in [0.3, 0.4) is 0 Å². The van der Waals surface area contributed by atoms with E-state index in [-0.39, 0.29) is 0 Å². The number of methoxy groups -OCH3 is 1. The van der Waals surface area contributed by atoms with Crippen molar-refractivity contribution in [2.24, 2.45) is 7.05 Å². The summed E-state index contributed by atoms with van der Waals surface area (Å²) in [5.74, 6) is 1.47. The van der Waals surface area contributed by atoms with Crippen molar-refractivity contribution in [3.8, 4) is 23.1 Å². The van der Waals surface area contributed by atoms with Gasteiger partial charge >= 0.3 is 0 Å². The van der Waals surface area contributed by atoms with Gasteiger partial charge in [-0.1, -0.05) is 29.3 Å². The van der Waals surface area contributed by atoms with E-state index in [0.717, 1.165) is 60.8 Å². The maximum Gasteiger partial charge on any atom is 0.139 e. The molecule has 3 heterocycles. The molecule has 0 amide bonds. The first-order valence-corrected chi connectivity index (χ1v) is 12.2. The Morgan fingerprint density at radius 3 is 2.67 bits per heavy atom. The number of ether oxygens (including phenoxy) is 2. The molecule has 0 aliphatic carbocycles. The molecule has 0 unspecified atom stereocenters. The first-order valence-electron chi connectivity index (χ1n) is 11.4. The van der Waals surface area contributed by atoms with Crippen LogP contribution in [0.5, 0.6) is 5.75 Å². The van der Waals surface area contributed by atoms with Gasteiger partial charge in [-0.2, -0.15) is 5.26 Å². The minimum Gasteiger partial charge on any atom is -0.495 e. The van der Waals surface area contributed by atoms with Gasteiger partial charge in [-0.3, -0.25) is 9.88 Å². The lowest BCUT2D eigenvalue weighted by Crippen LogP contribution is -2.36. The van der Waals surface area contributed by atoms with E-state index in [1.165, 1.54) is 7.11 Å². The van der Waals surface area contributed by atoms with Gasteiger partial charge in [-0.05, 0) is 18.2 Å². The van der Waals surface area contributed by atoms with Crippen LogP contribution in [0.4, 0.5) is 11.4 Å². The highest BCUT2D eigenvalue weighted by Crippen LogP contribution is 2.38. The van der Waals surface area contributed by atoms with Gasteiger partial charge in [0.25, 0.3) is 0 Å². The molecule has 36 heavy (non-hydrogen) atoms. The molecular formula is C26H24Cl2N6O2. The predicted molar refractivity (Wildman–Crippen MR) is 141 cm³/mol. The summed E-state index contributed by atoms with van der Waals surface area (Å²) in [5.41, 5.74) is 4.30. The average Bonchev–Trinajstić information content (AvgIpc) is 3.25. The van der Waals surface area contributed by atoms with Crippen molar-refractivity contribution in [2.45, 2.75) is 6.54 Å². The Morgan fingerprint density at radius 1 is 1.11 bits per heavy atom. The second-order valence-electron chi connectivity index (χ2n) is 8.49. The maximum absolute atomic E-state index is 9.74. The van der Waals surface area contributed by atoms with Crippen LogP contribution in [-0.4, -0.2) is 52.8 Å². The van der Waals surface area contributed by atoms with Crippen LogP contribution in [0.15, 0.2) is 42.7 Å². The molecular weight excluding hydrogens is 499 g/mol. The Bertz CT molecular complexity index is 1470. The minimum absolute atomic E-state index is 0.397. The fraction of sp³-hybridized carbons (Fsp3) is 0.269. The first-order chi connectivity index (χ1) is 17.5. The summed E-state index contributed by atoms with van der Waals surface area (Å²) in [7, 11) is 3.56.